The van der Waals surface area contributed by atoms with Crippen LogP contribution in [0.2, 0.25) is 0 Å². The van der Waals surface area contributed by atoms with Gasteiger partial charge in [0.1, 0.15) is 5.75 Å². The Morgan fingerprint density at radius 1 is 1.42 bits per heavy atom. The number of hydrogen-bond acceptors (Lipinski definition) is 4. The van der Waals surface area contributed by atoms with Crippen LogP contribution in [0.4, 0.5) is 5.13 Å². The zero-order chi connectivity index (χ0) is 13.7. The summed E-state index contributed by atoms with van der Waals surface area (Å²) in [6.45, 7) is 4.18. The molecule has 0 unspecified atom stereocenters. The Labute approximate surface area is 116 Å². The first kappa shape index (κ1) is 13.5. The molecule has 0 radical (unpaired) electrons. The Morgan fingerprint density at radius 2 is 2.21 bits per heavy atom. The number of thiazole rings is 1. The van der Waals surface area contributed by atoms with E-state index in [1.807, 2.05) is 29.6 Å². The standard InChI is InChI=1S/C14H16N2O2S/c1-10(2)11-5-3-4-6-12(11)18-9-13(17)16-14-15-7-8-19-14/h3-8,10H,9H2,1-2H3,(H,15,16,17). The Hall–Kier alpha value is -1.88. The minimum Gasteiger partial charge on any atom is -0.483 e. The predicted octanol–water partition coefficient (Wildman–Crippen LogP) is 3.28. The maximum atomic E-state index is 11.7. The van der Waals surface area contributed by atoms with Crippen LogP contribution in [0.1, 0.15) is 25.3 Å². The van der Waals surface area contributed by atoms with E-state index in [0.29, 0.717) is 11.0 Å². The number of aromatic nitrogens is 1. The number of benzene rings is 1. The van der Waals surface area contributed by atoms with Crippen molar-refractivity contribution in [3.63, 3.8) is 0 Å². The van der Waals surface area contributed by atoms with Crippen molar-refractivity contribution in [1.82, 2.24) is 4.98 Å². The van der Waals surface area contributed by atoms with E-state index in [1.165, 1.54) is 11.3 Å². The third kappa shape index (κ3) is 3.79. The highest BCUT2D eigenvalue weighted by Gasteiger charge is 2.09. The number of nitrogens with one attached hydrogen (secondary N) is 1. The molecule has 0 saturated heterocycles. The molecule has 0 saturated carbocycles. The molecule has 2 aromatic rings. The quantitative estimate of drug-likeness (QED) is 0.911. The third-order valence-corrected chi connectivity index (χ3v) is 3.27. The highest BCUT2D eigenvalue weighted by atomic mass is 32.1. The normalized spacial score (nSPS) is 10.5. The largest absolute Gasteiger partial charge is 0.483 e. The summed E-state index contributed by atoms with van der Waals surface area (Å²) in [7, 11) is 0. The average Bonchev–Trinajstić information content (AvgIpc) is 2.89. The minimum atomic E-state index is -0.200. The van der Waals surface area contributed by atoms with Crippen LogP contribution < -0.4 is 10.1 Å². The third-order valence-electron chi connectivity index (χ3n) is 2.58. The summed E-state index contributed by atoms with van der Waals surface area (Å²) in [5, 5.41) is 5.08. The van der Waals surface area contributed by atoms with Crippen LogP contribution in [0, 0.1) is 0 Å². The SMILES string of the molecule is CC(C)c1ccccc1OCC(=O)Nc1nccs1. The summed E-state index contributed by atoms with van der Waals surface area (Å²) in [4.78, 5) is 15.7. The molecular weight excluding hydrogens is 260 g/mol. The van der Waals surface area contributed by atoms with Gasteiger partial charge in [0.25, 0.3) is 5.91 Å². The van der Waals surface area contributed by atoms with E-state index in [1.54, 1.807) is 6.20 Å². The molecule has 0 atom stereocenters. The zero-order valence-electron chi connectivity index (χ0n) is 10.9. The highest BCUT2D eigenvalue weighted by molar-refractivity contribution is 7.13. The molecule has 1 amide bonds. The molecule has 0 bridgehead atoms. The fourth-order valence-electron chi connectivity index (χ4n) is 1.67. The summed E-state index contributed by atoms with van der Waals surface area (Å²) in [5.41, 5.74) is 1.10. The monoisotopic (exact) mass is 276 g/mol. The van der Waals surface area contributed by atoms with Gasteiger partial charge in [0.2, 0.25) is 0 Å². The molecule has 0 spiro atoms. The number of hydrogen-bond donors (Lipinski definition) is 1. The molecule has 1 N–H and O–H groups in total. The zero-order valence-corrected chi connectivity index (χ0v) is 11.7. The topological polar surface area (TPSA) is 51.2 Å². The van der Waals surface area contributed by atoms with Gasteiger partial charge in [-0.1, -0.05) is 32.0 Å². The van der Waals surface area contributed by atoms with Gasteiger partial charge >= 0.3 is 0 Å². The molecule has 0 aliphatic rings. The van der Waals surface area contributed by atoms with Gasteiger partial charge in [0.05, 0.1) is 0 Å². The molecule has 0 fully saturated rings. The second kappa shape index (κ2) is 6.33. The van der Waals surface area contributed by atoms with Gasteiger partial charge in [-0.2, -0.15) is 0 Å². The number of carbonyl (C=O) groups is 1. The number of nitrogens with zero attached hydrogens (tertiary/aromatic N) is 1. The van der Waals surface area contributed by atoms with E-state index < -0.39 is 0 Å². The summed E-state index contributed by atoms with van der Waals surface area (Å²) in [6, 6.07) is 7.77. The lowest BCUT2D eigenvalue weighted by atomic mass is 10.0. The average molecular weight is 276 g/mol. The predicted molar refractivity (Wildman–Crippen MR) is 76.8 cm³/mol. The lowest BCUT2D eigenvalue weighted by Gasteiger charge is -2.13. The Kier molecular flexibility index (Phi) is 4.52. The van der Waals surface area contributed by atoms with Crippen molar-refractivity contribution in [2.45, 2.75) is 19.8 Å². The van der Waals surface area contributed by atoms with E-state index >= 15 is 0 Å². The first-order valence-electron chi connectivity index (χ1n) is 6.08. The number of carbonyl (C=O) groups excluding carboxylic acids is 1. The number of anilines is 1. The van der Waals surface area contributed by atoms with Crippen molar-refractivity contribution in [2.24, 2.45) is 0 Å². The molecule has 2 rings (SSSR count). The van der Waals surface area contributed by atoms with Gasteiger partial charge in [-0.05, 0) is 17.5 Å². The van der Waals surface area contributed by atoms with E-state index in [2.05, 4.69) is 24.1 Å². The molecule has 1 aromatic heterocycles. The van der Waals surface area contributed by atoms with E-state index in [4.69, 9.17) is 4.74 Å². The lowest BCUT2D eigenvalue weighted by molar-refractivity contribution is -0.118. The molecule has 5 heteroatoms. The number of para-hydroxylation sites is 1. The van der Waals surface area contributed by atoms with E-state index in [0.717, 1.165) is 11.3 Å². The van der Waals surface area contributed by atoms with Crippen molar-refractivity contribution in [1.29, 1.82) is 0 Å². The van der Waals surface area contributed by atoms with Crippen LogP contribution in [0.5, 0.6) is 5.75 Å². The molecule has 1 aromatic carbocycles. The molecule has 4 nitrogen and oxygen atoms in total. The van der Waals surface area contributed by atoms with Crippen LogP contribution >= 0.6 is 11.3 Å². The minimum absolute atomic E-state index is 0.0106. The Balaban J connectivity index is 1.93. The lowest BCUT2D eigenvalue weighted by Crippen LogP contribution is -2.20. The molecule has 19 heavy (non-hydrogen) atoms. The Bertz CT molecular complexity index is 538. The molecule has 0 aliphatic heterocycles. The van der Waals surface area contributed by atoms with Crippen molar-refractivity contribution in [3.8, 4) is 5.75 Å². The highest BCUT2D eigenvalue weighted by Crippen LogP contribution is 2.25. The van der Waals surface area contributed by atoms with Gasteiger partial charge in [-0.15, -0.1) is 11.3 Å². The number of amides is 1. The second-order valence-corrected chi connectivity index (χ2v) is 5.26. The molecule has 0 aliphatic carbocycles. The van der Waals surface area contributed by atoms with Crippen molar-refractivity contribution in [3.05, 3.63) is 41.4 Å². The van der Waals surface area contributed by atoms with E-state index in [9.17, 15) is 4.79 Å². The van der Waals surface area contributed by atoms with Gasteiger partial charge in [-0.3, -0.25) is 10.1 Å². The van der Waals surface area contributed by atoms with Crippen molar-refractivity contribution in [2.75, 3.05) is 11.9 Å². The Morgan fingerprint density at radius 3 is 2.89 bits per heavy atom. The maximum Gasteiger partial charge on any atom is 0.264 e. The fraction of sp³-hybridized carbons (Fsp3) is 0.286. The summed E-state index contributed by atoms with van der Waals surface area (Å²) >= 11 is 1.38. The van der Waals surface area contributed by atoms with Crippen LogP contribution in [0.3, 0.4) is 0 Å². The van der Waals surface area contributed by atoms with Crippen molar-refractivity contribution < 1.29 is 9.53 Å². The smallest absolute Gasteiger partial charge is 0.264 e. The van der Waals surface area contributed by atoms with E-state index in [-0.39, 0.29) is 12.5 Å². The van der Waals surface area contributed by atoms with Crippen LogP contribution in [-0.2, 0) is 4.79 Å². The first-order valence-corrected chi connectivity index (χ1v) is 6.96. The van der Waals surface area contributed by atoms with Gasteiger partial charge < -0.3 is 4.74 Å². The molecule has 100 valence electrons. The maximum absolute atomic E-state index is 11.7. The molecular formula is C14H16N2O2S. The summed E-state index contributed by atoms with van der Waals surface area (Å²) in [5.74, 6) is 0.915. The summed E-state index contributed by atoms with van der Waals surface area (Å²) < 4.78 is 5.57. The van der Waals surface area contributed by atoms with Gasteiger partial charge in [-0.25, -0.2) is 4.98 Å². The van der Waals surface area contributed by atoms with Crippen molar-refractivity contribution >= 4 is 22.4 Å². The van der Waals surface area contributed by atoms with Crippen LogP contribution in [-0.4, -0.2) is 17.5 Å². The van der Waals surface area contributed by atoms with Gasteiger partial charge in [0.15, 0.2) is 11.7 Å². The second-order valence-electron chi connectivity index (χ2n) is 4.37. The molecule has 1 heterocycles. The number of ether oxygens (including phenoxy) is 1. The summed E-state index contributed by atoms with van der Waals surface area (Å²) in [6.07, 6.45) is 1.65. The van der Waals surface area contributed by atoms with Gasteiger partial charge in [0, 0.05) is 11.6 Å². The van der Waals surface area contributed by atoms with Crippen LogP contribution in [0.15, 0.2) is 35.8 Å². The first-order chi connectivity index (χ1) is 9.16. The fourth-order valence-corrected chi connectivity index (χ4v) is 2.22. The number of rotatable bonds is 5. The van der Waals surface area contributed by atoms with Crippen LogP contribution in [0.25, 0.3) is 0 Å².